The summed E-state index contributed by atoms with van der Waals surface area (Å²) in [5.74, 6) is 0.954. The fourth-order valence-corrected chi connectivity index (χ4v) is 3.98. The lowest BCUT2D eigenvalue weighted by atomic mass is 10.0. The van der Waals surface area contributed by atoms with Crippen LogP contribution in [0.2, 0.25) is 0 Å². The molecule has 1 N–H and O–H groups in total. The maximum Gasteiger partial charge on any atom is 0.253 e. The van der Waals surface area contributed by atoms with Crippen LogP contribution in [0.15, 0.2) is 60.7 Å². The first kappa shape index (κ1) is 16.1. The standard InChI is InChI=1S/C23H21N3O/c27-23(26-13-4-1-5-14-26)17-11-12-20-21(15-17)25-22(24-20)19-10-6-8-16-7-2-3-9-18(16)19/h2-3,6-12,15H,1,4-5,13-14H2,(H,24,25). The van der Waals surface area contributed by atoms with E-state index in [0.29, 0.717) is 0 Å². The summed E-state index contributed by atoms with van der Waals surface area (Å²) >= 11 is 0. The highest BCUT2D eigenvalue weighted by Gasteiger charge is 2.19. The normalized spacial score (nSPS) is 14.7. The maximum atomic E-state index is 12.8. The molecule has 4 heteroatoms. The molecule has 3 aromatic carbocycles. The molecule has 0 radical (unpaired) electrons. The van der Waals surface area contributed by atoms with Crippen LogP contribution in [-0.2, 0) is 0 Å². The van der Waals surface area contributed by atoms with Gasteiger partial charge in [-0.3, -0.25) is 4.79 Å². The molecule has 0 bridgehead atoms. The number of fused-ring (bicyclic) bond motifs is 2. The average Bonchev–Trinajstić information content (AvgIpc) is 3.16. The van der Waals surface area contributed by atoms with Crippen LogP contribution < -0.4 is 0 Å². The zero-order valence-electron chi connectivity index (χ0n) is 15.1. The third kappa shape index (κ3) is 2.87. The summed E-state index contributed by atoms with van der Waals surface area (Å²) in [5.41, 5.74) is 3.59. The van der Waals surface area contributed by atoms with Gasteiger partial charge < -0.3 is 9.88 Å². The summed E-state index contributed by atoms with van der Waals surface area (Å²) in [4.78, 5) is 23.0. The molecule has 4 aromatic rings. The molecular weight excluding hydrogens is 334 g/mol. The quantitative estimate of drug-likeness (QED) is 0.549. The Labute approximate surface area is 157 Å². The molecule has 0 saturated carbocycles. The van der Waals surface area contributed by atoms with Crippen molar-refractivity contribution in [2.45, 2.75) is 19.3 Å². The van der Waals surface area contributed by atoms with Crippen molar-refractivity contribution in [2.24, 2.45) is 0 Å². The van der Waals surface area contributed by atoms with E-state index in [0.717, 1.165) is 53.9 Å². The van der Waals surface area contributed by atoms with Gasteiger partial charge in [0.2, 0.25) is 0 Å². The van der Waals surface area contributed by atoms with Crippen LogP contribution in [0.4, 0.5) is 0 Å². The van der Waals surface area contributed by atoms with Crippen LogP contribution in [0.3, 0.4) is 0 Å². The molecule has 1 fully saturated rings. The van der Waals surface area contributed by atoms with E-state index in [9.17, 15) is 4.79 Å². The van der Waals surface area contributed by atoms with Crippen molar-refractivity contribution in [3.05, 3.63) is 66.2 Å². The number of imidazole rings is 1. The maximum absolute atomic E-state index is 12.8. The van der Waals surface area contributed by atoms with E-state index >= 15 is 0 Å². The van der Waals surface area contributed by atoms with Crippen molar-refractivity contribution >= 4 is 27.7 Å². The van der Waals surface area contributed by atoms with Gasteiger partial charge in [-0.25, -0.2) is 4.98 Å². The topological polar surface area (TPSA) is 49.0 Å². The van der Waals surface area contributed by atoms with Crippen LogP contribution >= 0.6 is 0 Å². The minimum Gasteiger partial charge on any atom is -0.339 e. The molecular formula is C23H21N3O. The SMILES string of the molecule is O=C(c1ccc2[nH]c(-c3cccc4ccccc34)nc2c1)N1CCCCC1. The van der Waals surface area contributed by atoms with Gasteiger partial charge in [-0.1, -0.05) is 42.5 Å². The average molecular weight is 355 g/mol. The highest BCUT2D eigenvalue weighted by atomic mass is 16.2. The lowest BCUT2D eigenvalue weighted by molar-refractivity contribution is 0.0724. The minimum atomic E-state index is 0.117. The lowest BCUT2D eigenvalue weighted by Gasteiger charge is -2.26. The number of nitrogens with one attached hydrogen (secondary N) is 1. The Morgan fingerprint density at radius 3 is 2.63 bits per heavy atom. The number of aromatic amines is 1. The smallest absolute Gasteiger partial charge is 0.253 e. The Morgan fingerprint density at radius 1 is 0.926 bits per heavy atom. The molecule has 0 unspecified atom stereocenters. The van der Waals surface area contributed by atoms with Crippen LogP contribution in [0, 0.1) is 0 Å². The highest BCUT2D eigenvalue weighted by molar-refractivity contribution is 5.99. The van der Waals surface area contributed by atoms with E-state index in [-0.39, 0.29) is 5.91 Å². The van der Waals surface area contributed by atoms with E-state index < -0.39 is 0 Å². The summed E-state index contributed by atoms with van der Waals surface area (Å²) in [7, 11) is 0. The van der Waals surface area contributed by atoms with Crippen LogP contribution in [-0.4, -0.2) is 33.9 Å². The van der Waals surface area contributed by atoms with E-state index in [2.05, 4.69) is 35.3 Å². The lowest BCUT2D eigenvalue weighted by Crippen LogP contribution is -2.35. The minimum absolute atomic E-state index is 0.117. The molecule has 0 aliphatic carbocycles. The number of benzene rings is 3. The number of likely N-dealkylation sites (tertiary alicyclic amines) is 1. The number of rotatable bonds is 2. The molecule has 5 rings (SSSR count). The second kappa shape index (κ2) is 6.54. The van der Waals surface area contributed by atoms with Crippen molar-refractivity contribution < 1.29 is 4.79 Å². The third-order valence-corrected chi connectivity index (χ3v) is 5.42. The predicted molar refractivity (Wildman–Crippen MR) is 109 cm³/mol. The molecule has 1 saturated heterocycles. The summed E-state index contributed by atoms with van der Waals surface area (Å²) in [6, 6.07) is 20.3. The van der Waals surface area contributed by atoms with Gasteiger partial charge in [-0.15, -0.1) is 0 Å². The van der Waals surface area contributed by atoms with Crippen molar-refractivity contribution in [3.63, 3.8) is 0 Å². The molecule has 134 valence electrons. The van der Waals surface area contributed by atoms with Crippen LogP contribution in [0.1, 0.15) is 29.6 Å². The molecule has 1 amide bonds. The first-order chi connectivity index (χ1) is 13.3. The molecule has 0 atom stereocenters. The van der Waals surface area contributed by atoms with Gasteiger partial charge in [-0.05, 0) is 48.2 Å². The number of hydrogen-bond acceptors (Lipinski definition) is 2. The second-order valence-electron chi connectivity index (χ2n) is 7.20. The number of nitrogens with zero attached hydrogens (tertiary/aromatic N) is 2. The summed E-state index contributed by atoms with van der Waals surface area (Å²) in [5, 5.41) is 2.36. The third-order valence-electron chi connectivity index (χ3n) is 5.42. The van der Waals surface area contributed by atoms with E-state index in [4.69, 9.17) is 4.98 Å². The van der Waals surface area contributed by atoms with E-state index in [1.165, 1.54) is 17.2 Å². The van der Waals surface area contributed by atoms with Gasteiger partial charge in [0.1, 0.15) is 5.82 Å². The first-order valence-electron chi connectivity index (χ1n) is 9.57. The fraction of sp³-hybridized carbons (Fsp3) is 0.217. The largest absolute Gasteiger partial charge is 0.339 e. The number of piperidine rings is 1. The Morgan fingerprint density at radius 2 is 1.74 bits per heavy atom. The number of carbonyl (C=O) groups excluding carboxylic acids is 1. The number of aromatic nitrogens is 2. The second-order valence-corrected chi connectivity index (χ2v) is 7.20. The van der Waals surface area contributed by atoms with E-state index in [1.54, 1.807) is 0 Å². The van der Waals surface area contributed by atoms with E-state index in [1.807, 2.05) is 35.2 Å². The molecule has 0 spiro atoms. The van der Waals surface area contributed by atoms with Gasteiger partial charge in [0.15, 0.2) is 0 Å². The first-order valence-corrected chi connectivity index (χ1v) is 9.57. The molecule has 1 aromatic heterocycles. The van der Waals surface area contributed by atoms with Gasteiger partial charge in [0, 0.05) is 24.2 Å². The molecule has 2 heterocycles. The zero-order chi connectivity index (χ0) is 18.2. The van der Waals surface area contributed by atoms with Crippen LogP contribution in [0.5, 0.6) is 0 Å². The highest BCUT2D eigenvalue weighted by Crippen LogP contribution is 2.28. The number of H-pyrrole nitrogens is 1. The molecule has 27 heavy (non-hydrogen) atoms. The Bertz CT molecular complexity index is 1130. The molecule has 1 aliphatic rings. The van der Waals surface area contributed by atoms with Gasteiger partial charge in [0.25, 0.3) is 5.91 Å². The Balaban J connectivity index is 1.55. The molecule has 4 nitrogen and oxygen atoms in total. The molecule has 1 aliphatic heterocycles. The number of carbonyl (C=O) groups is 1. The van der Waals surface area contributed by atoms with Gasteiger partial charge in [-0.2, -0.15) is 0 Å². The summed E-state index contributed by atoms with van der Waals surface area (Å²) in [6.45, 7) is 1.72. The summed E-state index contributed by atoms with van der Waals surface area (Å²) < 4.78 is 0. The van der Waals surface area contributed by atoms with Crippen molar-refractivity contribution in [3.8, 4) is 11.4 Å². The summed E-state index contributed by atoms with van der Waals surface area (Å²) in [6.07, 6.45) is 3.42. The Kier molecular flexibility index (Phi) is 3.89. The van der Waals surface area contributed by atoms with Crippen molar-refractivity contribution in [1.82, 2.24) is 14.9 Å². The fourth-order valence-electron chi connectivity index (χ4n) is 3.98. The van der Waals surface area contributed by atoms with Gasteiger partial charge in [0.05, 0.1) is 11.0 Å². The zero-order valence-corrected chi connectivity index (χ0v) is 15.1. The predicted octanol–water partition coefficient (Wildman–Crippen LogP) is 5.01. The Hall–Kier alpha value is -3.14. The number of hydrogen-bond donors (Lipinski definition) is 1. The van der Waals surface area contributed by atoms with Gasteiger partial charge >= 0.3 is 0 Å². The van der Waals surface area contributed by atoms with Crippen molar-refractivity contribution in [2.75, 3.05) is 13.1 Å². The number of amides is 1. The van der Waals surface area contributed by atoms with Crippen molar-refractivity contribution in [1.29, 1.82) is 0 Å². The van der Waals surface area contributed by atoms with Crippen LogP contribution in [0.25, 0.3) is 33.2 Å². The monoisotopic (exact) mass is 355 g/mol.